The average Bonchev–Trinajstić information content (AvgIpc) is 2.93. The molecule has 7 heteroatoms. The summed E-state index contributed by atoms with van der Waals surface area (Å²) in [5.74, 6) is 0.288. The summed E-state index contributed by atoms with van der Waals surface area (Å²) >= 11 is 6.04. The normalized spacial score (nSPS) is 14.1. The zero-order valence-electron chi connectivity index (χ0n) is 17.0. The predicted molar refractivity (Wildman–Crippen MR) is 113 cm³/mol. The summed E-state index contributed by atoms with van der Waals surface area (Å²) in [6, 6.07) is 10.2. The van der Waals surface area contributed by atoms with Crippen LogP contribution in [0.5, 0.6) is 11.5 Å². The lowest BCUT2D eigenvalue weighted by Crippen LogP contribution is -2.38. The number of benzene rings is 2. The summed E-state index contributed by atoms with van der Waals surface area (Å²) < 4.78 is 10.6. The largest absolute Gasteiger partial charge is 0.493 e. The highest BCUT2D eigenvalue weighted by atomic mass is 35.5. The second kappa shape index (κ2) is 8.17. The number of nitrogens with zero attached hydrogens (tertiary/aromatic N) is 1. The second-order valence-electron chi connectivity index (χ2n) is 6.98. The van der Waals surface area contributed by atoms with Crippen LogP contribution in [0.15, 0.2) is 42.1 Å². The van der Waals surface area contributed by atoms with Crippen LogP contribution in [0.1, 0.15) is 25.0 Å². The Morgan fingerprint density at radius 3 is 2.24 bits per heavy atom. The topological polar surface area (TPSA) is 67.9 Å². The maximum Gasteiger partial charge on any atom is 0.278 e. The van der Waals surface area contributed by atoms with E-state index in [1.807, 2.05) is 6.92 Å². The average molecular weight is 415 g/mol. The zero-order chi connectivity index (χ0) is 21.3. The summed E-state index contributed by atoms with van der Waals surface area (Å²) in [5.41, 5.74) is 2.65. The molecule has 1 heterocycles. The number of methoxy groups -OCH3 is 2. The predicted octanol–water partition coefficient (Wildman–Crippen LogP) is 4.27. The van der Waals surface area contributed by atoms with Gasteiger partial charge in [-0.1, -0.05) is 17.7 Å². The molecule has 2 amide bonds. The van der Waals surface area contributed by atoms with Crippen LogP contribution in [-0.2, 0) is 9.59 Å². The van der Waals surface area contributed by atoms with E-state index in [2.05, 4.69) is 5.32 Å². The lowest BCUT2D eigenvalue weighted by Gasteiger charge is -2.19. The van der Waals surface area contributed by atoms with E-state index in [1.54, 1.807) is 50.2 Å². The lowest BCUT2D eigenvalue weighted by molar-refractivity contribution is -0.138. The van der Waals surface area contributed by atoms with Crippen molar-refractivity contribution >= 4 is 34.7 Å². The highest BCUT2D eigenvalue weighted by Gasteiger charge is 2.40. The fraction of sp³-hybridized carbons (Fsp3) is 0.273. The fourth-order valence-electron chi connectivity index (χ4n) is 3.29. The third-order valence-corrected chi connectivity index (χ3v) is 4.99. The smallest absolute Gasteiger partial charge is 0.278 e. The number of ether oxygens (including phenoxy) is 2. The van der Waals surface area contributed by atoms with Gasteiger partial charge in [0.05, 0.1) is 19.8 Å². The van der Waals surface area contributed by atoms with Crippen LogP contribution in [0.25, 0.3) is 5.57 Å². The highest BCUT2D eigenvalue weighted by molar-refractivity contribution is 6.36. The van der Waals surface area contributed by atoms with Crippen LogP contribution >= 0.6 is 11.6 Å². The van der Waals surface area contributed by atoms with Gasteiger partial charge in [0, 0.05) is 16.8 Å². The van der Waals surface area contributed by atoms with E-state index in [4.69, 9.17) is 21.1 Å². The molecule has 1 N–H and O–H groups in total. The van der Waals surface area contributed by atoms with Crippen molar-refractivity contribution in [2.24, 2.45) is 0 Å². The van der Waals surface area contributed by atoms with Gasteiger partial charge >= 0.3 is 0 Å². The Bertz CT molecular complexity index is 1010. The molecule has 6 nitrogen and oxygen atoms in total. The number of hydrogen-bond acceptors (Lipinski definition) is 5. The molecule has 1 aliphatic rings. The molecular weight excluding hydrogens is 392 g/mol. The van der Waals surface area contributed by atoms with Gasteiger partial charge in [0.15, 0.2) is 11.5 Å². The first-order valence-corrected chi connectivity index (χ1v) is 9.54. The molecule has 152 valence electrons. The third-order valence-electron chi connectivity index (χ3n) is 4.75. The molecule has 0 saturated heterocycles. The molecule has 0 radical (unpaired) electrons. The first kappa shape index (κ1) is 20.7. The van der Waals surface area contributed by atoms with E-state index in [0.717, 1.165) is 5.56 Å². The molecule has 0 atom stereocenters. The van der Waals surface area contributed by atoms with E-state index in [9.17, 15) is 9.59 Å². The molecule has 0 aliphatic carbocycles. The third kappa shape index (κ3) is 3.80. The van der Waals surface area contributed by atoms with E-state index >= 15 is 0 Å². The minimum absolute atomic E-state index is 0.223. The molecule has 3 rings (SSSR count). The van der Waals surface area contributed by atoms with Crippen LogP contribution < -0.4 is 14.8 Å². The molecule has 0 fully saturated rings. The Balaban J connectivity index is 2.16. The van der Waals surface area contributed by atoms with E-state index in [0.29, 0.717) is 33.3 Å². The van der Waals surface area contributed by atoms with Gasteiger partial charge < -0.3 is 14.8 Å². The molecule has 29 heavy (non-hydrogen) atoms. The van der Waals surface area contributed by atoms with Crippen molar-refractivity contribution in [3.05, 3.63) is 58.2 Å². The van der Waals surface area contributed by atoms with Crippen molar-refractivity contribution in [2.45, 2.75) is 26.8 Å². The Labute approximate surface area is 175 Å². The van der Waals surface area contributed by atoms with Crippen molar-refractivity contribution in [3.63, 3.8) is 0 Å². The van der Waals surface area contributed by atoms with Gasteiger partial charge in [0.2, 0.25) is 0 Å². The number of carbonyl (C=O) groups excluding carboxylic acids is 2. The molecule has 0 saturated carbocycles. The standard InChI is InChI=1S/C22H23ClN2O4/c1-12(2)25-21(26)19(14-6-9-17(28-4)18(11-14)29-5)20(22(25)27)24-16-8-7-15(23)10-13(16)3/h6-12,24H,1-5H3. The zero-order valence-corrected chi connectivity index (χ0v) is 17.8. The quantitative estimate of drug-likeness (QED) is 0.715. The summed E-state index contributed by atoms with van der Waals surface area (Å²) in [6.45, 7) is 5.49. The number of imide groups is 1. The summed E-state index contributed by atoms with van der Waals surface area (Å²) in [4.78, 5) is 27.5. The number of rotatable bonds is 6. The molecule has 0 unspecified atom stereocenters. The van der Waals surface area contributed by atoms with Crippen LogP contribution in [0.3, 0.4) is 0 Å². The minimum atomic E-state index is -0.371. The summed E-state index contributed by atoms with van der Waals surface area (Å²) in [6.07, 6.45) is 0. The first-order valence-electron chi connectivity index (χ1n) is 9.16. The Morgan fingerprint density at radius 2 is 1.66 bits per heavy atom. The number of halogens is 1. The van der Waals surface area contributed by atoms with Crippen LogP contribution in [0.2, 0.25) is 5.02 Å². The summed E-state index contributed by atoms with van der Waals surface area (Å²) in [5, 5.41) is 3.75. The van der Waals surface area contributed by atoms with Gasteiger partial charge in [-0.15, -0.1) is 0 Å². The number of hydrogen-bond donors (Lipinski definition) is 1. The van der Waals surface area contributed by atoms with Crippen LogP contribution in [-0.4, -0.2) is 37.0 Å². The van der Waals surface area contributed by atoms with Gasteiger partial charge in [-0.05, 0) is 62.2 Å². The monoisotopic (exact) mass is 414 g/mol. The first-order chi connectivity index (χ1) is 13.8. The minimum Gasteiger partial charge on any atom is -0.493 e. The highest BCUT2D eigenvalue weighted by Crippen LogP contribution is 2.36. The Morgan fingerprint density at radius 1 is 0.966 bits per heavy atom. The Kier molecular flexibility index (Phi) is 5.84. The summed E-state index contributed by atoms with van der Waals surface area (Å²) in [7, 11) is 3.06. The second-order valence-corrected chi connectivity index (χ2v) is 7.41. The SMILES string of the molecule is COc1ccc(C2=C(Nc3ccc(Cl)cc3C)C(=O)N(C(C)C)C2=O)cc1OC. The van der Waals surface area contributed by atoms with Crippen molar-refractivity contribution in [1.29, 1.82) is 0 Å². The van der Waals surface area contributed by atoms with Crippen LogP contribution in [0.4, 0.5) is 5.69 Å². The Hall–Kier alpha value is -2.99. The van der Waals surface area contributed by atoms with E-state index in [1.165, 1.54) is 19.1 Å². The van der Waals surface area contributed by atoms with E-state index < -0.39 is 0 Å². The van der Waals surface area contributed by atoms with E-state index in [-0.39, 0.29) is 23.6 Å². The van der Waals surface area contributed by atoms with Crippen molar-refractivity contribution < 1.29 is 19.1 Å². The maximum absolute atomic E-state index is 13.2. The van der Waals surface area contributed by atoms with Gasteiger partial charge in [-0.25, -0.2) is 0 Å². The molecule has 0 spiro atoms. The van der Waals surface area contributed by atoms with Crippen molar-refractivity contribution in [2.75, 3.05) is 19.5 Å². The van der Waals surface area contributed by atoms with Gasteiger partial charge in [0.25, 0.3) is 11.8 Å². The van der Waals surface area contributed by atoms with Crippen LogP contribution in [0, 0.1) is 6.92 Å². The number of aryl methyl sites for hydroxylation is 1. The van der Waals surface area contributed by atoms with Crippen molar-refractivity contribution in [1.82, 2.24) is 4.90 Å². The van der Waals surface area contributed by atoms with Crippen molar-refractivity contribution in [3.8, 4) is 11.5 Å². The van der Waals surface area contributed by atoms with Gasteiger partial charge in [-0.2, -0.15) is 0 Å². The maximum atomic E-state index is 13.2. The molecule has 2 aromatic carbocycles. The molecule has 1 aliphatic heterocycles. The number of amides is 2. The van der Waals surface area contributed by atoms with Gasteiger partial charge in [0.1, 0.15) is 5.70 Å². The number of nitrogens with one attached hydrogen (secondary N) is 1. The molecule has 0 bridgehead atoms. The molecule has 2 aromatic rings. The number of anilines is 1. The fourth-order valence-corrected chi connectivity index (χ4v) is 3.52. The molecule has 0 aromatic heterocycles. The number of carbonyl (C=O) groups is 2. The lowest BCUT2D eigenvalue weighted by atomic mass is 10.0. The molecular formula is C22H23ClN2O4. The van der Waals surface area contributed by atoms with Gasteiger partial charge in [-0.3, -0.25) is 14.5 Å².